The Morgan fingerprint density at radius 2 is 2.14 bits per heavy atom. The molecule has 0 spiro atoms. The molecule has 0 amide bonds. The maximum Gasteiger partial charge on any atom is 0.303 e. The Morgan fingerprint density at radius 3 is 2.90 bits per heavy atom. The van der Waals surface area contributed by atoms with E-state index in [1.165, 1.54) is 0 Å². The van der Waals surface area contributed by atoms with Gasteiger partial charge in [-0.3, -0.25) is 9.69 Å². The van der Waals surface area contributed by atoms with Gasteiger partial charge in [-0.2, -0.15) is 4.68 Å². The molecule has 0 radical (unpaired) electrons. The van der Waals surface area contributed by atoms with E-state index in [1.807, 2.05) is 30.3 Å². The molecule has 21 heavy (non-hydrogen) atoms. The standard InChI is InChI=1S/C14H17N5O2/c20-14(21)8-11-6-7-18(9-11)10-13-15-16-17-19(13)12-4-2-1-3-5-12/h1-5,11H,6-10H2,(H,20,21). The molecule has 1 aromatic carbocycles. The first kappa shape index (κ1) is 13.7. The van der Waals surface area contributed by atoms with E-state index >= 15 is 0 Å². The quantitative estimate of drug-likeness (QED) is 0.881. The van der Waals surface area contributed by atoms with E-state index in [9.17, 15) is 4.79 Å². The summed E-state index contributed by atoms with van der Waals surface area (Å²) in [5.41, 5.74) is 0.929. The van der Waals surface area contributed by atoms with Crippen LogP contribution in [0.3, 0.4) is 0 Å². The van der Waals surface area contributed by atoms with Gasteiger partial charge in [0.05, 0.1) is 12.2 Å². The van der Waals surface area contributed by atoms with Crippen LogP contribution in [-0.4, -0.2) is 49.3 Å². The number of aromatic nitrogens is 4. The van der Waals surface area contributed by atoms with Gasteiger partial charge in [-0.05, 0) is 41.4 Å². The Morgan fingerprint density at radius 1 is 1.33 bits per heavy atom. The highest BCUT2D eigenvalue weighted by Gasteiger charge is 2.25. The maximum atomic E-state index is 10.8. The molecule has 1 aliphatic heterocycles. The first-order valence-corrected chi connectivity index (χ1v) is 6.99. The monoisotopic (exact) mass is 287 g/mol. The van der Waals surface area contributed by atoms with Gasteiger partial charge in [0, 0.05) is 13.0 Å². The van der Waals surface area contributed by atoms with Crippen molar-refractivity contribution >= 4 is 5.97 Å². The summed E-state index contributed by atoms with van der Waals surface area (Å²) < 4.78 is 1.73. The van der Waals surface area contributed by atoms with Crippen LogP contribution in [0, 0.1) is 5.92 Å². The predicted molar refractivity (Wildman–Crippen MR) is 74.8 cm³/mol. The lowest BCUT2D eigenvalue weighted by Gasteiger charge is -2.14. The number of rotatable bonds is 5. The van der Waals surface area contributed by atoms with Crippen LogP contribution in [0.25, 0.3) is 5.69 Å². The lowest BCUT2D eigenvalue weighted by Crippen LogP contribution is -2.23. The molecule has 0 saturated carbocycles. The molecule has 3 rings (SSSR count). The third kappa shape index (κ3) is 3.25. The molecule has 1 atom stereocenters. The maximum absolute atomic E-state index is 10.8. The van der Waals surface area contributed by atoms with Gasteiger partial charge in [-0.15, -0.1) is 5.10 Å². The minimum atomic E-state index is -0.726. The molecule has 110 valence electrons. The predicted octanol–water partition coefficient (Wildman–Crippen LogP) is 0.959. The van der Waals surface area contributed by atoms with Crippen molar-refractivity contribution in [2.24, 2.45) is 5.92 Å². The number of para-hydroxylation sites is 1. The minimum Gasteiger partial charge on any atom is -0.481 e. The fourth-order valence-corrected chi connectivity index (χ4v) is 2.74. The fourth-order valence-electron chi connectivity index (χ4n) is 2.74. The number of aliphatic carboxylic acids is 1. The van der Waals surface area contributed by atoms with Crippen molar-refractivity contribution in [1.29, 1.82) is 0 Å². The number of carboxylic acids is 1. The highest BCUT2D eigenvalue weighted by atomic mass is 16.4. The highest BCUT2D eigenvalue weighted by Crippen LogP contribution is 2.21. The van der Waals surface area contributed by atoms with Crippen molar-refractivity contribution in [1.82, 2.24) is 25.1 Å². The SMILES string of the molecule is O=C(O)CC1CCN(Cc2nnnn2-c2ccccc2)C1. The van der Waals surface area contributed by atoms with E-state index in [1.54, 1.807) is 4.68 Å². The molecule has 7 heteroatoms. The van der Waals surface area contributed by atoms with E-state index in [4.69, 9.17) is 5.11 Å². The van der Waals surface area contributed by atoms with Gasteiger partial charge in [0.15, 0.2) is 5.82 Å². The Labute approximate surface area is 122 Å². The second-order valence-corrected chi connectivity index (χ2v) is 5.33. The second-order valence-electron chi connectivity index (χ2n) is 5.33. The lowest BCUT2D eigenvalue weighted by atomic mass is 10.1. The number of tetrazole rings is 1. The number of hydrogen-bond donors (Lipinski definition) is 1. The fraction of sp³-hybridized carbons (Fsp3) is 0.429. The average molecular weight is 287 g/mol. The molecule has 1 saturated heterocycles. The van der Waals surface area contributed by atoms with Crippen molar-refractivity contribution < 1.29 is 9.90 Å². The summed E-state index contributed by atoms with van der Waals surface area (Å²) in [6, 6.07) is 9.75. The third-order valence-electron chi connectivity index (χ3n) is 3.73. The molecular weight excluding hydrogens is 270 g/mol. The number of hydrogen-bond acceptors (Lipinski definition) is 5. The molecule has 7 nitrogen and oxygen atoms in total. The van der Waals surface area contributed by atoms with Crippen LogP contribution in [0.4, 0.5) is 0 Å². The van der Waals surface area contributed by atoms with Gasteiger partial charge in [0.1, 0.15) is 0 Å². The van der Waals surface area contributed by atoms with Gasteiger partial charge in [-0.1, -0.05) is 18.2 Å². The summed E-state index contributed by atoms with van der Waals surface area (Å²) >= 11 is 0. The zero-order valence-corrected chi connectivity index (χ0v) is 11.6. The Hall–Kier alpha value is -2.28. The number of likely N-dealkylation sites (tertiary alicyclic amines) is 1. The summed E-state index contributed by atoms with van der Waals surface area (Å²) in [4.78, 5) is 13.0. The molecular formula is C14H17N5O2. The molecule has 1 unspecified atom stereocenters. The summed E-state index contributed by atoms with van der Waals surface area (Å²) in [5.74, 6) is 0.275. The Balaban J connectivity index is 1.67. The van der Waals surface area contributed by atoms with Crippen molar-refractivity contribution in [3.8, 4) is 5.69 Å². The molecule has 2 heterocycles. The smallest absolute Gasteiger partial charge is 0.303 e. The molecule has 1 fully saturated rings. The number of benzene rings is 1. The first-order chi connectivity index (χ1) is 10.2. The van der Waals surface area contributed by atoms with Crippen LogP contribution >= 0.6 is 0 Å². The largest absolute Gasteiger partial charge is 0.481 e. The van der Waals surface area contributed by atoms with Gasteiger partial charge in [0.2, 0.25) is 0 Å². The molecule has 1 N–H and O–H groups in total. The van der Waals surface area contributed by atoms with Crippen LogP contribution in [0.1, 0.15) is 18.7 Å². The average Bonchev–Trinajstić information content (AvgIpc) is 3.09. The van der Waals surface area contributed by atoms with Gasteiger partial charge < -0.3 is 5.11 Å². The topological polar surface area (TPSA) is 84.1 Å². The number of carboxylic acid groups (broad SMARTS) is 1. The van der Waals surface area contributed by atoms with E-state index in [0.29, 0.717) is 6.54 Å². The van der Waals surface area contributed by atoms with Crippen molar-refractivity contribution in [2.75, 3.05) is 13.1 Å². The van der Waals surface area contributed by atoms with E-state index < -0.39 is 5.97 Å². The normalized spacial score (nSPS) is 19.0. The van der Waals surface area contributed by atoms with Crippen molar-refractivity contribution in [3.63, 3.8) is 0 Å². The summed E-state index contributed by atoms with van der Waals surface area (Å²) in [6.45, 7) is 2.31. The lowest BCUT2D eigenvalue weighted by molar-refractivity contribution is -0.138. The van der Waals surface area contributed by atoms with Crippen LogP contribution in [-0.2, 0) is 11.3 Å². The van der Waals surface area contributed by atoms with Crippen LogP contribution in [0.5, 0.6) is 0 Å². The van der Waals surface area contributed by atoms with Gasteiger partial charge >= 0.3 is 5.97 Å². The molecule has 1 aromatic heterocycles. The zero-order valence-electron chi connectivity index (χ0n) is 11.6. The zero-order chi connectivity index (χ0) is 14.7. The van der Waals surface area contributed by atoms with E-state index in [2.05, 4.69) is 20.4 Å². The first-order valence-electron chi connectivity index (χ1n) is 6.99. The summed E-state index contributed by atoms with van der Waals surface area (Å²) in [5, 5.41) is 20.7. The second kappa shape index (κ2) is 6.01. The molecule has 2 aromatic rings. The molecule has 0 aliphatic carbocycles. The Bertz CT molecular complexity index is 613. The number of nitrogens with zero attached hydrogens (tertiary/aromatic N) is 5. The third-order valence-corrected chi connectivity index (χ3v) is 3.73. The van der Waals surface area contributed by atoms with Gasteiger partial charge in [-0.25, -0.2) is 0 Å². The molecule has 0 bridgehead atoms. The van der Waals surface area contributed by atoms with E-state index in [-0.39, 0.29) is 12.3 Å². The minimum absolute atomic E-state index is 0.226. The van der Waals surface area contributed by atoms with Crippen LogP contribution in [0.15, 0.2) is 30.3 Å². The summed E-state index contributed by atoms with van der Waals surface area (Å²) in [6.07, 6.45) is 1.15. The summed E-state index contributed by atoms with van der Waals surface area (Å²) in [7, 11) is 0. The van der Waals surface area contributed by atoms with Crippen LogP contribution in [0.2, 0.25) is 0 Å². The van der Waals surface area contributed by atoms with Crippen molar-refractivity contribution in [2.45, 2.75) is 19.4 Å². The van der Waals surface area contributed by atoms with Crippen molar-refractivity contribution in [3.05, 3.63) is 36.2 Å². The highest BCUT2D eigenvalue weighted by molar-refractivity contribution is 5.67. The molecule has 1 aliphatic rings. The van der Waals surface area contributed by atoms with E-state index in [0.717, 1.165) is 31.0 Å². The Kier molecular flexibility index (Phi) is 3.92. The van der Waals surface area contributed by atoms with Gasteiger partial charge in [0.25, 0.3) is 0 Å². The number of carbonyl (C=O) groups is 1. The van der Waals surface area contributed by atoms with Crippen LogP contribution < -0.4 is 0 Å².